The number of anilines is 1. The lowest BCUT2D eigenvalue weighted by atomic mass is 9.97. The number of carbonyl (C=O) groups excluding carboxylic acids is 1. The Bertz CT molecular complexity index is 1380. The Balaban J connectivity index is 1.41. The fourth-order valence-electron chi connectivity index (χ4n) is 4.40. The van der Waals surface area contributed by atoms with Crippen molar-refractivity contribution in [1.82, 2.24) is 15.1 Å². The molecule has 7 nitrogen and oxygen atoms in total. The zero-order valence-electron chi connectivity index (χ0n) is 20.3. The van der Waals surface area contributed by atoms with Crippen molar-refractivity contribution >= 4 is 11.6 Å². The number of phenols is 1. The van der Waals surface area contributed by atoms with Crippen molar-refractivity contribution in [2.45, 2.75) is 32.4 Å². The normalized spacial score (nSPS) is 13.9. The van der Waals surface area contributed by atoms with Crippen LogP contribution in [0.4, 0.5) is 5.69 Å². The Morgan fingerprint density at radius 2 is 1.81 bits per heavy atom. The number of amides is 1. The van der Waals surface area contributed by atoms with Crippen LogP contribution >= 0.6 is 0 Å². The maximum absolute atomic E-state index is 13.3. The highest BCUT2D eigenvalue weighted by atomic mass is 16.3. The molecule has 0 radical (unpaired) electrons. The molecular formula is C29H31N5O2. The van der Waals surface area contributed by atoms with E-state index in [1.165, 1.54) is 12.8 Å². The van der Waals surface area contributed by atoms with Gasteiger partial charge in [-0.15, -0.1) is 0 Å². The molecule has 1 amide bonds. The maximum atomic E-state index is 13.3. The molecule has 7 heteroatoms. The van der Waals surface area contributed by atoms with Crippen LogP contribution < -0.4 is 16.4 Å². The molecule has 1 heterocycles. The second kappa shape index (κ2) is 10.4. The van der Waals surface area contributed by atoms with Crippen molar-refractivity contribution in [1.29, 1.82) is 0 Å². The lowest BCUT2D eigenvalue weighted by molar-refractivity contribution is 0.101. The summed E-state index contributed by atoms with van der Waals surface area (Å²) in [5.74, 6) is 0.692. The number of hydrogen-bond donors (Lipinski definition) is 4. The highest BCUT2D eigenvalue weighted by Crippen LogP contribution is 2.31. The molecule has 0 bridgehead atoms. The first kappa shape index (κ1) is 23.8. The van der Waals surface area contributed by atoms with Crippen molar-refractivity contribution in [3.63, 3.8) is 0 Å². The Kier molecular flexibility index (Phi) is 6.84. The van der Waals surface area contributed by atoms with E-state index >= 15 is 0 Å². The van der Waals surface area contributed by atoms with Gasteiger partial charge in [0.1, 0.15) is 11.4 Å². The van der Waals surface area contributed by atoms with Gasteiger partial charge >= 0.3 is 0 Å². The van der Waals surface area contributed by atoms with E-state index in [0.29, 0.717) is 23.8 Å². The number of aromatic hydroxyl groups is 1. The molecule has 5 N–H and O–H groups in total. The molecule has 1 unspecified atom stereocenters. The van der Waals surface area contributed by atoms with E-state index in [1.54, 1.807) is 22.9 Å². The monoisotopic (exact) mass is 481 g/mol. The number of hydrogen-bond acceptors (Lipinski definition) is 5. The summed E-state index contributed by atoms with van der Waals surface area (Å²) in [5, 5.41) is 21.3. The van der Waals surface area contributed by atoms with Gasteiger partial charge in [0, 0.05) is 12.2 Å². The zero-order chi connectivity index (χ0) is 25.1. The average Bonchev–Trinajstić information content (AvgIpc) is 3.63. The quantitative estimate of drug-likeness (QED) is 0.278. The topological polar surface area (TPSA) is 105 Å². The smallest absolute Gasteiger partial charge is 0.274 e. The molecule has 0 spiro atoms. The fourth-order valence-corrected chi connectivity index (χ4v) is 4.40. The lowest BCUT2D eigenvalue weighted by Crippen LogP contribution is -2.25. The SMILES string of the molecule is Cc1cc(C(=O)Nc2cccc(C(NCC3CC3)c3cccc(O)c3)c2)n(-c2cccc(CN)c2)n1. The third-order valence-electron chi connectivity index (χ3n) is 6.44. The van der Waals surface area contributed by atoms with Crippen LogP contribution in [0.5, 0.6) is 5.75 Å². The molecule has 1 atom stereocenters. The van der Waals surface area contributed by atoms with Crippen LogP contribution in [0.15, 0.2) is 78.9 Å². The van der Waals surface area contributed by atoms with Crippen molar-refractivity contribution in [3.05, 3.63) is 107 Å². The molecule has 0 saturated heterocycles. The van der Waals surface area contributed by atoms with E-state index in [9.17, 15) is 9.90 Å². The molecule has 1 aliphatic rings. The summed E-state index contributed by atoms with van der Waals surface area (Å²) in [4.78, 5) is 13.3. The first-order valence-electron chi connectivity index (χ1n) is 12.3. The maximum Gasteiger partial charge on any atom is 0.274 e. The van der Waals surface area contributed by atoms with E-state index in [0.717, 1.165) is 34.6 Å². The molecule has 184 valence electrons. The van der Waals surface area contributed by atoms with E-state index in [2.05, 4.69) is 15.7 Å². The Hall–Kier alpha value is -3.94. The van der Waals surface area contributed by atoms with Gasteiger partial charge in [-0.3, -0.25) is 4.79 Å². The minimum absolute atomic E-state index is 0.0960. The van der Waals surface area contributed by atoms with Gasteiger partial charge in [0.2, 0.25) is 0 Å². The lowest BCUT2D eigenvalue weighted by Gasteiger charge is -2.21. The van der Waals surface area contributed by atoms with Crippen molar-refractivity contribution in [2.24, 2.45) is 11.7 Å². The van der Waals surface area contributed by atoms with Crippen LogP contribution in [-0.2, 0) is 6.54 Å². The number of rotatable bonds is 9. The number of aromatic nitrogens is 2. The number of nitrogens with two attached hydrogens (primary N) is 1. The van der Waals surface area contributed by atoms with Crippen LogP contribution in [0.3, 0.4) is 0 Å². The zero-order valence-corrected chi connectivity index (χ0v) is 20.3. The van der Waals surface area contributed by atoms with Gasteiger partial charge in [0.15, 0.2) is 0 Å². The Labute approximate surface area is 211 Å². The van der Waals surface area contributed by atoms with Crippen molar-refractivity contribution < 1.29 is 9.90 Å². The average molecular weight is 482 g/mol. The number of nitrogens with one attached hydrogen (secondary N) is 2. The van der Waals surface area contributed by atoms with E-state index < -0.39 is 0 Å². The van der Waals surface area contributed by atoms with Crippen LogP contribution in [0.25, 0.3) is 5.69 Å². The van der Waals surface area contributed by atoms with Crippen LogP contribution in [0.1, 0.15) is 51.8 Å². The first-order chi connectivity index (χ1) is 17.5. The predicted molar refractivity (Wildman–Crippen MR) is 141 cm³/mol. The highest BCUT2D eigenvalue weighted by Gasteiger charge is 2.24. The first-order valence-corrected chi connectivity index (χ1v) is 12.3. The molecule has 4 aromatic rings. The van der Waals surface area contributed by atoms with E-state index in [-0.39, 0.29) is 17.7 Å². The van der Waals surface area contributed by atoms with E-state index in [4.69, 9.17) is 5.73 Å². The number of aryl methyl sites for hydroxylation is 1. The fraction of sp³-hybridized carbons (Fsp3) is 0.241. The summed E-state index contributed by atoms with van der Waals surface area (Å²) in [6.07, 6.45) is 2.49. The Morgan fingerprint density at radius 1 is 1.06 bits per heavy atom. The molecule has 3 aromatic carbocycles. The second-order valence-electron chi connectivity index (χ2n) is 9.42. The second-order valence-corrected chi connectivity index (χ2v) is 9.42. The number of benzene rings is 3. The highest BCUT2D eigenvalue weighted by molar-refractivity contribution is 6.03. The molecular weight excluding hydrogens is 450 g/mol. The van der Waals surface area contributed by atoms with Gasteiger partial charge in [-0.2, -0.15) is 5.10 Å². The number of carbonyl (C=O) groups is 1. The summed E-state index contributed by atoms with van der Waals surface area (Å²) in [5.41, 5.74) is 11.4. The molecule has 1 fully saturated rings. The summed E-state index contributed by atoms with van der Waals surface area (Å²) in [6.45, 7) is 3.20. The van der Waals surface area contributed by atoms with Crippen LogP contribution in [-0.4, -0.2) is 27.3 Å². The summed E-state index contributed by atoms with van der Waals surface area (Å²) in [7, 11) is 0. The Morgan fingerprint density at radius 3 is 2.56 bits per heavy atom. The standard InChI is InChI=1S/C29H31N5O2/c1-19-13-27(34(33-19)25-9-2-5-21(14-25)17-30)29(36)32-24-8-3-6-22(15-24)28(31-18-20-11-12-20)23-7-4-10-26(35)16-23/h2-10,13-16,20,28,31,35H,11-12,17-18,30H2,1H3,(H,32,36). The summed E-state index contributed by atoms with van der Waals surface area (Å²) >= 11 is 0. The van der Waals surface area contributed by atoms with Crippen molar-refractivity contribution in [3.8, 4) is 11.4 Å². The third kappa shape index (κ3) is 5.48. The molecule has 0 aliphatic heterocycles. The van der Waals surface area contributed by atoms with Crippen molar-refractivity contribution in [2.75, 3.05) is 11.9 Å². The number of phenolic OH excluding ortho intramolecular Hbond substituents is 1. The van der Waals surface area contributed by atoms with Gasteiger partial charge < -0.3 is 21.5 Å². The third-order valence-corrected chi connectivity index (χ3v) is 6.44. The molecule has 1 saturated carbocycles. The largest absolute Gasteiger partial charge is 0.508 e. The van der Waals surface area contributed by atoms with Crippen LogP contribution in [0.2, 0.25) is 0 Å². The van der Waals surface area contributed by atoms with Gasteiger partial charge in [-0.25, -0.2) is 4.68 Å². The van der Waals surface area contributed by atoms with E-state index in [1.807, 2.05) is 67.6 Å². The van der Waals surface area contributed by atoms with Crippen LogP contribution in [0, 0.1) is 12.8 Å². The molecule has 1 aromatic heterocycles. The molecule has 5 rings (SSSR count). The summed E-state index contributed by atoms with van der Waals surface area (Å²) < 4.78 is 1.65. The summed E-state index contributed by atoms with van der Waals surface area (Å²) in [6, 6.07) is 24.5. The van der Waals surface area contributed by atoms with Gasteiger partial charge in [-0.05, 0) is 91.4 Å². The minimum Gasteiger partial charge on any atom is -0.508 e. The minimum atomic E-state index is -0.245. The molecule has 1 aliphatic carbocycles. The predicted octanol–water partition coefficient (Wildman–Crippen LogP) is 4.69. The van der Waals surface area contributed by atoms with Gasteiger partial charge in [0.25, 0.3) is 5.91 Å². The molecule has 36 heavy (non-hydrogen) atoms. The number of nitrogens with zero attached hydrogens (tertiary/aromatic N) is 2. The van der Waals surface area contributed by atoms with Gasteiger partial charge in [-0.1, -0.05) is 36.4 Å². The van der Waals surface area contributed by atoms with Gasteiger partial charge in [0.05, 0.1) is 17.4 Å².